The quantitative estimate of drug-likeness (QED) is 0.543. The van der Waals surface area contributed by atoms with Crippen molar-refractivity contribution in [3.63, 3.8) is 0 Å². The largest absolute Gasteiger partial charge is 0.505 e. The van der Waals surface area contributed by atoms with E-state index >= 15 is 0 Å². The van der Waals surface area contributed by atoms with Crippen LogP contribution in [0, 0.1) is 0 Å². The normalized spacial score (nSPS) is 11.8. The Morgan fingerprint density at radius 1 is 1.47 bits per heavy atom. The molecule has 0 aliphatic rings. The van der Waals surface area contributed by atoms with Crippen molar-refractivity contribution >= 4 is 11.9 Å². The lowest BCUT2D eigenvalue weighted by atomic mass is 10.2. The maximum absolute atomic E-state index is 11.6. The number of pyridine rings is 1. The first-order chi connectivity index (χ1) is 8.06. The number of rotatable bonds is 5. The molecule has 0 aliphatic carbocycles. The Morgan fingerprint density at radius 2 is 2.18 bits per heavy atom. The second-order valence-electron chi connectivity index (χ2n) is 3.25. The lowest BCUT2D eigenvalue weighted by Gasteiger charge is -2.12. The average Bonchev–Trinajstić information content (AvgIpc) is 2.28. The van der Waals surface area contributed by atoms with Gasteiger partial charge in [0.15, 0.2) is 5.69 Å². The van der Waals surface area contributed by atoms with Crippen molar-refractivity contribution in [1.29, 1.82) is 0 Å². The molecule has 1 heterocycles. The molecule has 0 radical (unpaired) electrons. The number of carboxylic acid groups (broad SMARTS) is 1. The third kappa shape index (κ3) is 3.42. The first kappa shape index (κ1) is 12.9. The molecule has 1 amide bonds. The minimum atomic E-state index is -1.26. The van der Waals surface area contributed by atoms with Crippen LogP contribution in [0.25, 0.3) is 0 Å². The molecule has 7 heteroatoms. The standard InChI is InChI=1S/C10H12N2O5/c13-5-3-6(10(16)17)12-9(15)8-7(14)2-1-4-11-8/h1-2,4,6,13-14H,3,5H2,(H,12,15)(H,16,17). The molecule has 1 aromatic rings. The SMILES string of the molecule is O=C(NC(CCO)C(=O)O)c1ncccc1O. The molecule has 0 aliphatic heterocycles. The highest BCUT2D eigenvalue weighted by Gasteiger charge is 2.22. The monoisotopic (exact) mass is 240 g/mol. The molecule has 17 heavy (non-hydrogen) atoms. The number of aromatic hydroxyl groups is 1. The van der Waals surface area contributed by atoms with Crippen molar-refractivity contribution in [3.05, 3.63) is 24.0 Å². The molecule has 4 N–H and O–H groups in total. The van der Waals surface area contributed by atoms with E-state index in [2.05, 4.69) is 10.3 Å². The number of nitrogens with one attached hydrogen (secondary N) is 1. The minimum absolute atomic E-state index is 0.116. The van der Waals surface area contributed by atoms with Crippen LogP contribution in [0.1, 0.15) is 16.9 Å². The van der Waals surface area contributed by atoms with Gasteiger partial charge in [0.25, 0.3) is 5.91 Å². The summed E-state index contributed by atoms with van der Waals surface area (Å²) in [5.41, 5.74) is -0.253. The molecule has 0 bridgehead atoms. The second kappa shape index (κ2) is 5.80. The molecular formula is C10H12N2O5. The van der Waals surface area contributed by atoms with E-state index in [1.807, 2.05) is 0 Å². The van der Waals surface area contributed by atoms with Crippen LogP contribution in [-0.4, -0.2) is 44.8 Å². The van der Waals surface area contributed by atoms with Gasteiger partial charge in [0.2, 0.25) is 0 Å². The van der Waals surface area contributed by atoms with E-state index in [0.29, 0.717) is 0 Å². The van der Waals surface area contributed by atoms with Gasteiger partial charge in [0, 0.05) is 19.2 Å². The van der Waals surface area contributed by atoms with Gasteiger partial charge in [-0.3, -0.25) is 4.79 Å². The van der Waals surface area contributed by atoms with Crippen LogP contribution in [0.4, 0.5) is 0 Å². The fourth-order valence-corrected chi connectivity index (χ4v) is 1.18. The number of carbonyl (C=O) groups excluding carboxylic acids is 1. The van der Waals surface area contributed by atoms with Crippen molar-refractivity contribution in [1.82, 2.24) is 10.3 Å². The summed E-state index contributed by atoms with van der Waals surface area (Å²) in [5.74, 6) is -2.40. The molecule has 0 saturated carbocycles. The maximum Gasteiger partial charge on any atom is 0.326 e. The summed E-state index contributed by atoms with van der Waals surface area (Å²) < 4.78 is 0. The lowest BCUT2D eigenvalue weighted by molar-refractivity contribution is -0.139. The van der Waals surface area contributed by atoms with Gasteiger partial charge in [-0.1, -0.05) is 0 Å². The number of nitrogens with zero attached hydrogens (tertiary/aromatic N) is 1. The van der Waals surface area contributed by atoms with Gasteiger partial charge in [-0.15, -0.1) is 0 Å². The van der Waals surface area contributed by atoms with Gasteiger partial charge in [-0.2, -0.15) is 0 Å². The van der Waals surface area contributed by atoms with Crippen molar-refractivity contribution in [2.45, 2.75) is 12.5 Å². The third-order valence-electron chi connectivity index (χ3n) is 2.02. The second-order valence-corrected chi connectivity index (χ2v) is 3.25. The summed E-state index contributed by atoms with van der Waals surface area (Å²) in [6.45, 7) is -0.370. The van der Waals surface area contributed by atoms with Crippen LogP contribution in [0.15, 0.2) is 18.3 Å². The number of hydrogen-bond acceptors (Lipinski definition) is 5. The van der Waals surface area contributed by atoms with Crippen LogP contribution < -0.4 is 5.32 Å². The Kier molecular flexibility index (Phi) is 4.41. The number of aromatic nitrogens is 1. The van der Waals surface area contributed by atoms with Crippen molar-refractivity contribution in [2.75, 3.05) is 6.61 Å². The van der Waals surface area contributed by atoms with Crippen molar-refractivity contribution in [3.8, 4) is 5.75 Å². The number of hydrogen-bond donors (Lipinski definition) is 4. The van der Waals surface area contributed by atoms with E-state index in [1.54, 1.807) is 0 Å². The van der Waals surface area contributed by atoms with Crippen LogP contribution >= 0.6 is 0 Å². The van der Waals surface area contributed by atoms with Crippen LogP contribution in [0.2, 0.25) is 0 Å². The van der Waals surface area contributed by atoms with Gasteiger partial charge in [-0.05, 0) is 12.1 Å². The zero-order chi connectivity index (χ0) is 12.8. The summed E-state index contributed by atoms with van der Waals surface area (Å²) in [4.78, 5) is 25.9. The Morgan fingerprint density at radius 3 is 2.71 bits per heavy atom. The predicted molar refractivity (Wildman–Crippen MR) is 56.5 cm³/mol. The summed E-state index contributed by atoms with van der Waals surface area (Å²) in [7, 11) is 0. The fraction of sp³-hybridized carbons (Fsp3) is 0.300. The average molecular weight is 240 g/mol. The molecule has 1 rings (SSSR count). The highest BCUT2D eigenvalue weighted by atomic mass is 16.4. The summed E-state index contributed by atoms with van der Waals surface area (Å²) in [5, 5.41) is 28.9. The Balaban J connectivity index is 2.77. The van der Waals surface area contributed by atoms with Gasteiger partial charge in [-0.25, -0.2) is 9.78 Å². The number of carbonyl (C=O) groups is 2. The molecule has 0 saturated heterocycles. The van der Waals surface area contributed by atoms with Crippen LogP contribution in [0.5, 0.6) is 5.75 Å². The van der Waals surface area contributed by atoms with Crippen LogP contribution in [-0.2, 0) is 4.79 Å². The summed E-state index contributed by atoms with van der Waals surface area (Å²) >= 11 is 0. The number of aliphatic hydroxyl groups is 1. The first-order valence-electron chi connectivity index (χ1n) is 4.84. The maximum atomic E-state index is 11.6. The number of amides is 1. The van der Waals surface area contributed by atoms with E-state index in [1.165, 1.54) is 18.3 Å². The molecule has 1 aromatic heterocycles. The zero-order valence-electron chi connectivity index (χ0n) is 8.83. The highest BCUT2D eigenvalue weighted by Crippen LogP contribution is 2.12. The topological polar surface area (TPSA) is 120 Å². The molecule has 0 aromatic carbocycles. The van der Waals surface area contributed by atoms with Gasteiger partial charge in [0.1, 0.15) is 11.8 Å². The Hall–Kier alpha value is -2.15. The highest BCUT2D eigenvalue weighted by molar-refractivity contribution is 5.96. The lowest BCUT2D eigenvalue weighted by Crippen LogP contribution is -2.41. The van der Waals surface area contributed by atoms with E-state index in [4.69, 9.17) is 10.2 Å². The molecule has 7 nitrogen and oxygen atoms in total. The van der Waals surface area contributed by atoms with Gasteiger partial charge in [0.05, 0.1) is 0 Å². The number of aliphatic hydroxyl groups excluding tert-OH is 1. The zero-order valence-corrected chi connectivity index (χ0v) is 8.83. The minimum Gasteiger partial charge on any atom is -0.505 e. The molecular weight excluding hydrogens is 228 g/mol. The molecule has 92 valence electrons. The fourth-order valence-electron chi connectivity index (χ4n) is 1.18. The number of aliphatic carboxylic acids is 1. The molecule has 1 unspecified atom stereocenters. The summed E-state index contributed by atoms with van der Waals surface area (Å²) in [6.07, 6.45) is 1.19. The van der Waals surface area contributed by atoms with E-state index in [9.17, 15) is 14.7 Å². The van der Waals surface area contributed by atoms with Gasteiger partial charge < -0.3 is 20.6 Å². The first-order valence-corrected chi connectivity index (χ1v) is 4.84. The van der Waals surface area contributed by atoms with E-state index in [-0.39, 0.29) is 24.5 Å². The Bertz CT molecular complexity index is 421. The Labute approximate surface area is 96.7 Å². The van der Waals surface area contributed by atoms with Crippen molar-refractivity contribution in [2.24, 2.45) is 0 Å². The van der Waals surface area contributed by atoms with Crippen molar-refractivity contribution < 1.29 is 24.9 Å². The van der Waals surface area contributed by atoms with Crippen LogP contribution in [0.3, 0.4) is 0 Å². The third-order valence-corrected chi connectivity index (χ3v) is 2.02. The van der Waals surface area contributed by atoms with Gasteiger partial charge >= 0.3 is 5.97 Å². The molecule has 0 spiro atoms. The van der Waals surface area contributed by atoms with E-state index in [0.717, 1.165) is 0 Å². The predicted octanol–water partition coefficient (Wildman–Crippen LogP) is -0.647. The molecule has 1 atom stereocenters. The molecule has 0 fully saturated rings. The number of carboxylic acids is 1. The smallest absolute Gasteiger partial charge is 0.326 e. The summed E-state index contributed by atoms with van der Waals surface area (Å²) in [6, 6.07) is 1.49. The van der Waals surface area contributed by atoms with E-state index < -0.39 is 17.9 Å².